The summed E-state index contributed by atoms with van der Waals surface area (Å²) in [7, 11) is 0. The Kier molecular flexibility index (Phi) is 20.0. The summed E-state index contributed by atoms with van der Waals surface area (Å²) >= 11 is 0. The van der Waals surface area contributed by atoms with Gasteiger partial charge in [0.05, 0.1) is 55.1 Å². The Morgan fingerprint density at radius 3 is 1.63 bits per heavy atom. The van der Waals surface area contributed by atoms with Crippen molar-refractivity contribution < 1.29 is 14.1 Å². The Morgan fingerprint density at radius 2 is 1.15 bits per heavy atom. The molecule has 0 fully saturated rings. The number of benzene rings is 3. The van der Waals surface area contributed by atoms with Crippen LogP contribution in [0.1, 0.15) is 28.3 Å². The number of nitrogens with one attached hydrogen (secondary N) is 1. The molecule has 0 radical (unpaired) electrons. The van der Waals surface area contributed by atoms with Crippen molar-refractivity contribution in [2.45, 2.75) is 20.8 Å². The van der Waals surface area contributed by atoms with Crippen LogP contribution in [0.5, 0.6) is 0 Å². The molecule has 292 valence electrons. The summed E-state index contributed by atoms with van der Waals surface area (Å²) < 4.78 is 0. The average Bonchev–Trinajstić information content (AvgIpc) is 3.26. The van der Waals surface area contributed by atoms with E-state index in [0.29, 0.717) is 22.1 Å². The van der Waals surface area contributed by atoms with E-state index < -0.39 is 9.85 Å². The first kappa shape index (κ1) is 46.3. The van der Waals surface area contributed by atoms with Crippen LogP contribution in [0.15, 0.2) is 91.0 Å². The molecule has 0 atom stereocenters. The average molecular weight is 795 g/mol. The molecule has 0 saturated heterocycles. The number of aryl methyl sites for hydroxylation is 2. The van der Waals surface area contributed by atoms with E-state index in [1.807, 2.05) is 68.5 Å². The number of nitro benzene ring substituents is 2. The fourth-order valence-corrected chi connectivity index (χ4v) is 4.55. The molecule has 60 heavy (non-hydrogen) atoms. The molecule has 15 heteroatoms. The molecule has 15 nitrogen and oxygen atoms in total. The third kappa shape index (κ3) is 15.1. The maximum atomic E-state index is 10.8. The molecule has 0 aliphatic heterocycles. The van der Waals surface area contributed by atoms with Crippen LogP contribution in [0.2, 0.25) is 0 Å². The van der Waals surface area contributed by atoms with E-state index in [-0.39, 0.29) is 15.7 Å². The predicted octanol–water partition coefficient (Wildman–Crippen LogP) is 9.01. The molecule has 2 aromatic heterocycles. The minimum absolute atomic E-state index is 0. The van der Waals surface area contributed by atoms with Gasteiger partial charge in [-0.3, -0.25) is 20.2 Å². The summed E-state index contributed by atoms with van der Waals surface area (Å²) in [4.78, 5) is 54.4. The van der Waals surface area contributed by atoms with E-state index in [4.69, 9.17) is 27.4 Å². The molecule has 0 bridgehead atoms. The van der Waals surface area contributed by atoms with Crippen LogP contribution < -0.4 is 0 Å². The van der Waals surface area contributed by atoms with E-state index in [2.05, 4.69) is 103 Å². The normalized spacial score (nSPS) is 9.07. The van der Waals surface area contributed by atoms with Crippen LogP contribution in [0, 0.1) is 139 Å². The van der Waals surface area contributed by atoms with Crippen LogP contribution in [-0.4, -0.2) is 29.8 Å². The Labute approximate surface area is 348 Å². The van der Waals surface area contributed by atoms with Gasteiger partial charge in [-0.25, -0.2) is 19.9 Å². The monoisotopic (exact) mass is 794 g/mol. The Morgan fingerprint density at radius 1 is 0.700 bits per heavy atom. The van der Waals surface area contributed by atoms with Gasteiger partial charge in [0, 0.05) is 56.2 Å². The van der Waals surface area contributed by atoms with E-state index in [1.54, 1.807) is 24.0 Å². The van der Waals surface area contributed by atoms with Gasteiger partial charge in [0.25, 0.3) is 11.4 Å². The van der Waals surface area contributed by atoms with Crippen molar-refractivity contribution in [1.29, 1.82) is 5.53 Å². The topological polar surface area (TPSA) is 232 Å². The Hall–Kier alpha value is -9.90. The lowest BCUT2D eigenvalue weighted by Crippen LogP contribution is -1.98. The van der Waals surface area contributed by atoms with Crippen LogP contribution in [0.4, 0.5) is 11.4 Å². The van der Waals surface area contributed by atoms with Gasteiger partial charge in [-0.05, 0) is 114 Å². The highest BCUT2D eigenvalue weighted by molar-refractivity contribution is 5.83. The minimum Gasteiger partial charge on any atom is -0.258 e. The molecule has 6 rings (SSSR count). The number of nitro groups is 2. The van der Waals surface area contributed by atoms with Crippen LogP contribution in [0.3, 0.4) is 0 Å². The van der Waals surface area contributed by atoms with Crippen LogP contribution in [-0.2, 0) is 0 Å². The first-order valence-corrected chi connectivity index (χ1v) is 16.6. The molecule has 2 heterocycles. The van der Waals surface area contributed by atoms with Gasteiger partial charge in [0.1, 0.15) is 23.4 Å². The third-order valence-corrected chi connectivity index (χ3v) is 6.92. The number of terminal acetylenes is 1. The Bertz CT molecular complexity index is 3000. The van der Waals surface area contributed by atoms with Crippen LogP contribution >= 0.6 is 0 Å². The standard InChI is InChI=1S/C15H10N3O2.C15H11N3O2.C15H4.HN3.O2.3H2/c1-10-15(11-5-3-2-4-6-11)17-13-8-7-12(18(19)20)9-14(13)16-10;1-10-15(11-5-3-2-4-6-11)17-14-9-12(18(19)20)7-8-13(14)16-10;1-3-5-7-9-11-13-15-14-12-10-8-6-4-2;1-3-2;1-2;;;/h2-3,5-9H,1H3;2-9H,1H3;1H,2H3;1H;;3*1H/q+1;;;;;;;. The molecule has 3 aromatic carbocycles. The number of hydrogen-bond donors (Lipinski definition) is 1. The molecule has 5 aromatic rings. The van der Waals surface area contributed by atoms with E-state index >= 15 is 0 Å². The maximum absolute atomic E-state index is 10.8. The lowest BCUT2D eigenvalue weighted by molar-refractivity contribution is -0.384. The van der Waals surface area contributed by atoms with E-state index in [9.17, 15) is 20.2 Å². The lowest BCUT2D eigenvalue weighted by Gasteiger charge is -2.06. The second-order valence-corrected chi connectivity index (χ2v) is 10.7. The van der Waals surface area contributed by atoms with Gasteiger partial charge in [0.15, 0.2) is 0 Å². The maximum Gasteiger partial charge on any atom is 0.271 e. The summed E-state index contributed by atoms with van der Waals surface area (Å²) in [5.41, 5.74) is 19.6. The van der Waals surface area contributed by atoms with Gasteiger partial charge in [-0.1, -0.05) is 36.3 Å². The second kappa shape index (κ2) is 26.0. The van der Waals surface area contributed by atoms with Crippen molar-refractivity contribution in [3.8, 4) is 94.6 Å². The largest absolute Gasteiger partial charge is 0.271 e. The fraction of sp³-hybridized carbons (Fsp3) is 0.0667. The highest BCUT2D eigenvalue weighted by Gasteiger charge is 2.16. The summed E-state index contributed by atoms with van der Waals surface area (Å²) in [5, 5.41) is 21.6. The summed E-state index contributed by atoms with van der Waals surface area (Å²) in [6, 6.07) is 18.7. The van der Waals surface area contributed by atoms with E-state index in [0.717, 1.165) is 33.9 Å². The number of fused-ring (bicyclic) bond motifs is 2. The first-order chi connectivity index (χ1) is 29.1. The van der Waals surface area contributed by atoms with Gasteiger partial charge in [0.2, 0.25) is 0 Å². The predicted molar refractivity (Wildman–Crippen MR) is 236 cm³/mol. The smallest absolute Gasteiger partial charge is 0.258 e. The minimum atomic E-state index is -0.434. The Balaban J connectivity index is 0. The highest BCUT2D eigenvalue weighted by Crippen LogP contribution is 2.26. The van der Waals surface area contributed by atoms with Gasteiger partial charge >= 0.3 is 0 Å². The second-order valence-electron chi connectivity index (χ2n) is 10.7. The number of rotatable bonds is 4. The van der Waals surface area contributed by atoms with Gasteiger partial charge in [-0.2, -0.15) is 0 Å². The molecule has 0 spiro atoms. The number of non-ortho nitro benzene ring substituents is 2. The van der Waals surface area contributed by atoms with Crippen molar-refractivity contribution in [2.24, 2.45) is 0 Å². The van der Waals surface area contributed by atoms with E-state index in [1.165, 1.54) is 24.3 Å². The summed E-state index contributed by atoms with van der Waals surface area (Å²) in [6.07, 6.45) is 15.4. The summed E-state index contributed by atoms with van der Waals surface area (Å²) in [5.74, 6) is 31.9. The van der Waals surface area contributed by atoms with Gasteiger partial charge in [-0.15, -0.1) is 12.0 Å². The first-order valence-electron chi connectivity index (χ1n) is 16.6. The molecular formula is C45H32N9O6+. The van der Waals surface area contributed by atoms with Crippen LogP contribution in [0.25, 0.3) is 49.3 Å². The molecule has 0 saturated carbocycles. The fourth-order valence-electron chi connectivity index (χ4n) is 4.55. The van der Waals surface area contributed by atoms with Crippen molar-refractivity contribution in [3.63, 3.8) is 0 Å². The molecule has 1 N–H and O–H groups in total. The van der Waals surface area contributed by atoms with Crippen molar-refractivity contribution in [2.75, 3.05) is 0 Å². The molecule has 1 aliphatic rings. The highest BCUT2D eigenvalue weighted by atomic mass is 16.7. The SMILES string of the molecule is C#CC#CC#CC#CC#CC#CC#CC.Cc1nc2cc([N+](=O)[O-])ccc2nc1C1=CC=C[C+]=C1.Cc1nc2ccc([N+](=O)[O-])cc2nc1-c1ccccc1.O=O.[HH].[HH].[HH].[N-]=[N+]=N. The lowest BCUT2D eigenvalue weighted by atomic mass is 10.1. The zero-order valence-corrected chi connectivity index (χ0v) is 31.8. The number of allylic oxidation sites excluding steroid dienone is 6. The van der Waals surface area contributed by atoms with Crippen molar-refractivity contribution in [1.82, 2.24) is 19.9 Å². The molecular weight excluding hydrogens is 763 g/mol. The molecule has 0 unspecified atom stereocenters. The van der Waals surface area contributed by atoms with Crippen molar-refractivity contribution in [3.05, 3.63) is 155 Å². The molecule has 1 aliphatic carbocycles. The quantitative estimate of drug-likeness (QED) is 0.0345. The zero-order chi connectivity index (χ0) is 44.1. The van der Waals surface area contributed by atoms with Crippen molar-refractivity contribution >= 4 is 39.0 Å². The summed E-state index contributed by atoms with van der Waals surface area (Å²) in [6.45, 7) is 5.43. The zero-order valence-electron chi connectivity index (χ0n) is 31.8. The number of hydrogen-bond acceptors (Lipinski definition) is 11. The number of nitrogens with zero attached hydrogens (tertiary/aromatic N) is 8. The molecule has 0 amide bonds. The number of aromatic nitrogens is 4. The third-order valence-electron chi connectivity index (χ3n) is 6.92. The van der Waals surface area contributed by atoms with Gasteiger partial charge < -0.3 is 0 Å².